The van der Waals surface area contributed by atoms with E-state index in [1.54, 1.807) is 24.5 Å². The predicted octanol–water partition coefficient (Wildman–Crippen LogP) is 3.53. The van der Waals surface area contributed by atoms with Crippen molar-refractivity contribution in [2.75, 3.05) is 37.5 Å². The van der Waals surface area contributed by atoms with E-state index in [0.29, 0.717) is 34.7 Å². The van der Waals surface area contributed by atoms with Crippen molar-refractivity contribution in [1.82, 2.24) is 19.9 Å². The van der Waals surface area contributed by atoms with Crippen LogP contribution in [0.1, 0.15) is 27.9 Å². The first-order valence-corrected chi connectivity index (χ1v) is 12.3. The van der Waals surface area contributed by atoms with E-state index in [2.05, 4.69) is 45.8 Å². The number of nitrogens with zero attached hydrogens (tertiary/aromatic N) is 4. The quantitative estimate of drug-likeness (QED) is 0.404. The van der Waals surface area contributed by atoms with Crippen LogP contribution in [-0.2, 0) is 29.5 Å². The summed E-state index contributed by atoms with van der Waals surface area (Å²) in [5.41, 5.74) is 6.65. The van der Waals surface area contributed by atoms with E-state index in [4.69, 9.17) is 9.72 Å². The van der Waals surface area contributed by atoms with Crippen molar-refractivity contribution in [1.29, 1.82) is 0 Å². The number of anilines is 2. The van der Waals surface area contributed by atoms with Crippen LogP contribution in [0.3, 0.4) is 0 Å². The van der Waals surface area contributed by atoms with Gasteiger partial charge in [-0.15, -0.1) is 0 Å². The highest BCUT2D eigenvalue weighted by atomic mass is 16.5. The lowest BCUT2D eigenvalue weighted by molar-refractivity contribution is -0.119. The van der Waals surface area contributed by atoms with Crippen LogP contribution in [0.25, 0.3) is 22.4 Å². The first-order valence-electron chi connectivity index (χ1n) is 12.3. The highest BCUT2D eigenvalue weighted by Crippen LogP contribution is 2.30. The number of ether oxygens (including phenoxy) is 1. The summed E-state index contributed by atoms with van der Waals surface area (Å²) in [6.45, 7) is 1.37. The van der Waals surface area contributed by atoms with E-state index < -0.39 is 0 Å². The Hall–Kier alpha value is -4.24. The lowest BCUT2D eigenvalue weighted by Crippen LogP contribution is -2.26. The van der Waals surface area contributed by atoms with E-state index >= 15 is 0 Å². The number of nitrogens with one attached hydrogen (secondary N) is 2. The number of carbonyl (C=O) groups is 2. The maximum absolute atomic E-state index is 13.2. The van der Waals surface area contributed by atoms with Gasteiger partial charge < -0.3 is 24.8 Å². The molecule has 0 spiro atoms. The topological polar surface area (TPSA) is 101 Å². The number of methoxy groups -OCH3 is 1. The Bertz CT molecular complexity index is 1460. The fourth-order valence-corrected chi connectivity index (χ4v) is 4.88. The van der Waals surface area contributed by atoms with Gasteiger partial charge >= 0.3 is 0 Å². The molecule has 1 aliphatic heterocycles. The highest BCUT2D eigenvalue weighted by molar-refractivity contribution is 6.06. The second-order valence-electron chi connectivity index (χ2n) is 9.28. The van der Waals surface area contributed by atoms with Crippen LogP contribution in [0.15, 0.2) is 54.9 Å². The number of hydrogen-bond acceptors (Lipinski definition) is 6. The number of aryl methyl sites for hydroxylation is 2. The van der Waals surface area contributed by atoms with Crippen LogP contribution < -0.4 is 15.5 Å². The molecule has 4 aromatic rings. The first-order chi connectivity index (χ1) is 17.9. The minimum Gasteiger partial charge on any atom is -0.375 e. The molecule has 0 saturated carbocycles. The number of carbonyl (C=O) groups excluding carboxylic acids is 2. The lowest BCUT2D eigenvalue weighted by Gasteiger charge is -2.27. The fourth-order valence-electron chi connectivity index (χ4n) is 4.88. The molecule has 9 nitrogen and oxygen atoms in total. The van der Waals surface area contributed by atoms with Crippen molar-refractivity contribution in [3.05, 3.63) is 71.5 Å². The second-order valence-corrected chi connectivity index (χ2v) is 9.28. The Labute approximate surface area is 215 Å². The van der Waals surface area contributed by atoms with Crippen molar-refractivity contribution in [3.63, 3.8) is 0 Å². The van der Waals surface area contributed by atoms with Gasteiger partial charge in [0.15, 0.2) is 0 Å². The van der Waals surface area contributed by atoms with Crippen molar-refractivity contribution < 1.29 is 14.3 Å². The number of amides is 2. The number of aromatic nitrogens is 3. The molecule has 9 heteroatoms. The lowest BCUT2D eigenvalue weighted by atomic mass is 9.99. The molecule has 0 aliphatic carbocycles. The van der Waals surface area contributed by atoms with Crippen LogP contribution in [0.2, 0.25) is 0 Å². The third-order valence-corrected chi connectivity index (χ3v) is 6.65. The third-order valence-electron chi connectivity index (χ3n) is 6.65. The molecule has 0 atom stereocenters. The average Bonchev–Trinajstić information content (AvgIpc) is 3.24. The molecule has 0 radical (unpaired) electrons. The van der Waals surface area contributed by atoms with E-state index in [0.717, 1.165) is 30.5 Å². The van der Waals surface area contributed by atoms with Gasteiger partial charge in [0.05, 0.1) is 16.7 Å². The summed E-state index contributed by atoms with van der Waals surface area (Å²) < 4.78 is 6.87. The number of imidazole rings is 1. The molecule has 2 amide bonds. The van der Waals surface area contributed by atoms with E-state index in [1.807, 2.05) is 23.7 Å². The Kier molecular flexibility index (Phi) is 6.87. The highest BCUT2D eigenvalue weighted by Gasteiger charge is 2.19. The number of benzene rings is 2. The second kappa shape index (κ2) is 10.4. The molecule has 2 N–H and O–H groups in total. The molecule has 2 aromatic carbocycles. The van der Waals surface area contributed by atoms with E-state index in [9.17, 15) is 9.59 Å². The van der Waals surface area contributed by atoms with Gasteiger partial charge in [-0.25, -0.2) is 4.98 Å². The Morgan fingerprint density at radius 1 is 1.14 bits per heavy atom. The van der Waals surface area contributed by atoms with Gasteiger partial charge in [-0.3, -0.25) is 14.6 Å². The summed E-state index contributed by atoms with van der Waals surface area (Å²) in [6.07, 6.45) is 5.60. The molecule has 2 aromatic heterocycles. The SMILES string of the molecule is COCC(=O)Nc1cc(C(=O)NCc2ccc3c(c2)CCCN3C)cc2nc(-c3cccnc3)n(C)c12. The Morgan fingerprint density at radius 2 is 2.00 bits per heavy atom. The van der Waals surface area contributed by atoms with Crippen LogP contribution in [0.5, 0.6) is 0 Å². The van der Waals surface area contributed by atoms with Crippen molar-refractivity contribution >= 4 is 34.2 Å². The largest absolute Gasteiger partial charge is 0.375 e. The number of hydrogen-bond donors (Lipinski definition) is 2. The Morgan fingerprint density at radius 3 is 2.78 bits per heavy atom. The number of fused-ring (bicyclic) bond motifs is 2. The zero-order chi connectivity index (χ0) is 25.9. The molecule has 37 heavy (non-hydrogen) atoms. The maximum Gasteiger partial charge on any atom is 0.251 e. The van der Waals surface area contributed by atoms with Crippen molar-refractivity contribution in [2.24, 2.45) is 7.05 Å². The van der Waals surface area contributed by atoms with Crippen molar-refractivity contribution in [2.45, 2.75) is 19.4 Å². The summed E-state index contributed by atoms with van der Waals surface area (Å²) >= 11 is 0. The molecule has 0 bridgehead atoms. The molecule has 0 unspecified atom stereocenters. The van der Waals surface area contributed by atoms with Gasteiger partial charge in [0.2, 0.25) is 5.91 Å². The van der Waals surface area contributed by atoms with Crippen molar-refractivity contribution in [3.8, 4) is 11.4 Å². The molecule has 5 rings (SSSR count). The number of pyridine rings is 1. The summed E-state index contributed by atoms with van der Waals surface area (Å²) in [7, 11) is 5.44. The summed E-state index contributed by atoms with van der Waals surface area (Å²) in [6, 6.07) is 13.5. The van der Waals surface area contributed by atoms with E-state index in [-0.39, 0.29) is 18.4 Å². The molecular weight excluding hydrogens is 468 g/mol. The van der Waals surface area contributed by atoms with Gasteiger partial charge in [-0.05, 0) is 54.3 Å². The molecule has 190 valence electrons. The molecule has 1 aliphatic rings. The van der Waals surface area contributed by atoms with Crippen LogP contribution in [0, 0.1) is 0 Å². The maximum atomic E-state index is 13.2. The van der Waals surface area contributed by atoms with Gasteiger partial charge in [0.25, 0.3) is 5.91 Å². The van der Waals surface area contributed by atoms with Gasteiger partial charge in [0.1, 0.15) is 12.4 Å². The predicted molar refractivity (Wildman–Crippen MR) is 144 cm³/mol. The summed E-state index contributed by atoms with van der Waals surface area (Å²) in [4.78, 5) is 36.8. The molecule has 0 saturated heterocycles. The van der Waals surface area contributed by atoms with Gasteiger partial charge in [-0.2, -0.15) is 0 Å². The molecule has 0 fully saturated rings. The van der Waals surface area contributed by atoms with Crippen LogP contribution in [0.4, 0.5) is 11.4 Å². The van der Waals surface area contributed by atoms with Gasteiger partial charge in [0, 0.05) is 63.5 Å². The minimum absolute atomic E-state index is 0.0985. The Balaban J connectivity index is 1.45. The average molecular weight is 499 g/mol. The third kappa shape index (κ3) is 5.03. The zero-order valence-electron chi connectivity index (χ0n) is 21.2. The summed E-state index contributed by atoms with van der Waals surface area (Å²) in [5.74, 6) is 0.124. The van der Waals surface area contributed by atoms with Crippen LogP contribution in [-0.4, -0.2) is 53.7 Å². The monoisotopic (exact) mass is 498 g/mol. The minimum atomic E-state index is -0.315. The van der Waals surface area contributed by atoms with Crippen LogP contribution >= 0.6 is 0 Å². The normalized spacial score (nSPS) is 12.9. The fraction of sp³-hybridized carbons (Fsp3) is 0.286. The first kappa shape index (κ1) is 24.5. The van der Waals surface area contributed by atoms with E-state index in [1.165, 1.54) is 18.4 Å². The summed E-state index contributed by atoms with van der Waals surface area (Å²) in [5, 5.41) is 5.90. The smallest absolute Gasteiger partial charge is 0.251 e. The zero-order valence-corrected chi connectivity index (χ0v) is 21.2. The standard InChI is InChI=1S/C28H30N6O3/c1-33-11-5-7-19-12-18(8-9-24(19)33)15-30-28(36)21-13-22(31-25(35)17-37-3)26-23(14-21)32-27(34(26)2)20-6-4-10-29-16-20/h4,6,8-10,12-14,16H,5,7,11,15,17H2,1-3H3,(H,30,36)(H,31,35). The molecule has 3 heterocycles. The van der Waals surface area contributed by atoms with Gasteiger partial charge in [-0.1, -0.05) is 12.1 Å². The molecular formula is C28H30N6O3. The number of rotatable bonds is 7.